The van der Waals surface area contributed by atoms with Gasteiger partial charge in [0.25, 0.3) is 5.91 Å². The summed E-state index contributed by atoms with van der Waals surface area (Å²) in [5, 5.41) is 15.2. The van der Waals surface area contributed by atoms with Crippen LogP contribution in [-0.4, -0.2) is 36.8 Å². The fraction of sp³-hybridized carbons (Fsp3) is 0.500. The molecule has 1 aromatic carbocycles. The van der Waals surface area contributed by atoms with E-state index in [0.29, 0.717) is 25.2 Å². The van der Waals surface area contributed by atoms with Crippen LogP contribution in [0.25, 0.3) is 0 Å². The van der Waals surface area contributed by atoms with Crippen LogP contribution in [0.5, 0.6) is 0 Å². The van der Waals surface area contributed by atoms with E-state index in [1.165, 1.54) is 0 Å². The number of carbonyl (C=O) groups is 1. The van der Waals surface area contributed by atoms with Gasteiger partial charge in [0.1, 0.15) is 0 Å². The summed E-state index contributed by atoms with van der Waals surface area (Å²) in [7, 11) is 0. The van der Waals surface area contributed by atoms with E-state index in [1.807, 2.05) is 38.1 Å². The van der Waals surface area contributed by atoms with Crippen molar-refractivity contribution in [3.8, 4) is 0 Å². The molecule has 0 bridgehead atoms. The van der Waals surface area contributed by atoms with Crippen molar-refractivity contribution in [2.45, 2.75) is 26.4 Å². The number of aliphatic hydroxyl groups is 1. The first-order valence-electron chi connectivity index (χ1n) is 6.37. The molecule has 1 amide bonds. The number of amides is 1. The van der Waals surface area contributed by atoms with Crippen LogP contribution in [0.2, 0.25) is 0 Å². The molecule has 0 aliphatic heterocycles. The molecular weight excluding hydrogens is 228 g/mol. The van der Waals surface area contributed by atoms with Crippen LogP contribution in [0, 0.1) is 6.92 Å². The average molecular weight is 250 g/mol. The normalized spacial score (nSPS) is 12.2. The van der Waals surface area contributed by atoms with E-state index in [0.717, 1.165) is 12.0 Å². The van der Waals surface area contributed by atoms with Gasteiger partial charge in [-0.2, -0.15) is 0 Å². The lowest BCUT2D eigenvalue weighted by molar-refractivity contribution is 0.0953. The van der Waals surface area contributed by atoms with E-state index < -0.39 is 0 Å². The summed E-state index contributed by atoms with van der Waals surface area (Å²) in [6.45, 7) is 5.71. The third-order valence-electron chi connectivity index (χ3n) is 2.75. The molecule has 0 saturated heterocycles. The second kappa shape index (κ2) is 7.84. The van der Waals surface area contributed by atoms with Gasteiger partial charge in [-0.15, -0.1) is 0 Å². The SMILES string of the molecule is CCC(O)CNCCNC(=O)c1ccc(C)cc1. The number of aryl methyl sites for hydroxylation is 1. The van der Waals surface area contributed by atoms with Crippen molar-refractivity contribution < 1.29 is 9.90 Å². The van der Waals surface area contributed by atoms with Gasteiger partial charge in [-0.3, -0.25) is 4.79 Å². The number of carbonyl (C=O) groups excluding carboxylic acids is 1. The average Bonchev–Trinajstić information content (AvgIpc) is 2.38. The topological polar surface area (TPSA) is 61.4 Å². The summed E-state index contributed by atoms with van der Waals surface area (Å²) in [4.78, 5) is 11.7. The summed E-state index contributed by atoms with van der Waals surface area (Å²) in [5.41, 5.74) is 1.82. The van der Waals surface area contributed by atoms with Crippen molar-refractivity contribution in [2.75, 3.05) is 19.6 Å². The van der Waals surface area contributed by atoms with Crippen LogP contribution in [0.4, 0.5) is 0 Å². The first kappa shape index (κ1) is 14.7. The standard InChI is InChI=1S/C14H22N2O2/c1-3-13(17)10-15-8-9-16-14(18)12-6-4-11(2)5-7-12/h4-7,13,15,17H,3,8-10H2,1-2H3,(H,16,18). The van der Waals surface area contributed by atoms with Crippen molar-refractivity contribution in [3.63, 3.8) is 0 Å². The number of hydrogen-bond acceptors (Lipinski definition) is 3. The maximum atomic E-state index is 11.7. The smallest absolute Gasteiger partial charge is 0.251 e. The van der Waals surface area contributed by atoms with Crippen LogP contribution in [0.15, 0.2) is 24.3 Å². The van der Waals surface area contributed by atoms with E-state index in [4.69, 9.17) is 0 Å². The molecule has 4 nitrogen and oxygen atoms in total. The molecule has 1 atom stereocenters. The van der Waals surface area contributed by atoms with E-state index >= 15 is 0 Å². The Morgan fingerprint density at radius 1 is 1.28 bits per heavy atom. The van der Waals surface area contributed by atoms with Gasteiger partial charge in [0.05, 0.1) is 6.10 Å². The summed E-state index contributed by atoms with van der Waals surface area (Å²) in [6, 6.07) is 7.48. The maximum Gasteiger partial charge on any atom is 0.251 e. The van der Waals surface area contributed by atoms with Crippen LogP contribution in [0.3, 0.4) is 0 Å². The van der Waals surface area contributed by atoms with Crippen LogP contribution in [0.1, 0.15) is 29.3 Å². The number of rotatable bonds is 7. The molecule has 0 heterocycles. The minimum Gasteiger partial charge on any atom is -0.392 e. The number of nitrogens with one attached hydrogen (secondary N) is 2. The van der Waals surface area contributed by atoms with Crippen LogP contribution in [-0.2, 0) is 0 Å². The fourth-order valence-corrected chi connectivity index (χ4v) is 1.48. The molecule has 0 radical (unpaired) electrons. The highest BCUT2D eigenvalue weighted by Gasteiger charge is 2.04. The van der Waals surface area contributed by atoms with Gasteiger partial charge in [0.15, 0.2) is 0 Å². The molecule has 0 spiro atoms. The molecule has 0 aliphatic carbocycles. The molecule has 0 fully saturated rings. The van der Waals surface area contributed by atoms with E-state index in [2.05, 4.69) is 10.6 Å². The first-order chi connectivity index (χ1) is 8.63. The Kier molecular flexibility index (Phi) is 6.39. The minimum atomic E-state index is -0.308. The first-order valence-corrected chi connectivity index (χ1v) is 6.37. The second-order valence-corrected chi connectivity index (χ2v) is 4.39. The molecular formula is C14H22N2O2. The summed E-state index contributed by atoms with van der Waals surface area (Å²) in [5.74, 6) is -0.0622. The number of benzene rings is 1. The maximum absolute atomic E-state index is 11.7. The molecule has 18 heavy (non-hydrogen) atoms. The summed E-state index contributed by atoms with van der Waals surface area (Å²) in [6.07, 6.45) is 0.431. The lowest BCUT2D eigenvalue weighted by Gasteiger charge is -2.10. The third-order valence-corrected chi connectivity index (χ3v) is 2.75. The second-order valence-electron chi connectivity index (χ2n) is 4.39. The molecule has 0 saturated carbocycles. The Morgan fingerprint density at radius 3 is 2.56 bits per heavy atom. The Bertz CT molecular complexity index is 363. The zero-order valence-corrected chi connectivity index (χ0v) is 11.1. The zero-order valence-electron chi connectivity index (χ0n) is 11.1. The highest BCUT2D eigenvalue weighted by atomic mass is 16.3. The van der Waals surface area contributed by atoms with E-state index in [9.17, 15) is 9.90 Å². The molecule has 1 rings (SSSR count). The molecule has 3 N–H and O–H groups in total. The lowest BCUT2D eigenvalue weighted by atomic mass is 10.1. The molecule has 1 aromatic rings. The third kappa shape index (κ3) is 5.29. The van der Waals surface area contributed by atoms with Crippen molar-refractivity contribution in [2.24, 2.45) is 0 Å². The quantitative estimate of drug-likeness (QED) is 0.635. The highest BCUT2D eigenvalue weighted by Crippen LogP contribution is 2.02. The van der Waals surface area contributed by atoms with Gasteiger partial charge >= 0.3 is 0 Å². The Labute approximate surface area is 108 Å². The van der Waals surface area contributed by atoms with Crippen LogP contribution < -0.4 is 10.6 Å². The lowest BCUT2D eigenvalue weighted by Crippen LogP contribution is -2.35. The van der Waals surface area contributed by atoms with Crippen molar-refractivity contribution in [1.29, 1.82) is 0 Å². The minimum absolute atomic E-state index is 0.0622. The van der Waals surface area contributed by atoms with Gasteiger partial charge in [0.2, 0.25) is 0 Å². The molecule has 0 aliphatic rings. The zero-order chi connectivity index (χ0) is 13.4. The monoisotopic (exact) mass is 250 g/mol. The fourth-order valence-electron chi connectivity index (χ4n) is 1.48. The van der Waals surface area contributed by atoms with Crippen LogP contribution >= 0.6 is 0 Å². The Balaban J connectivity index is 2.19. The van der Waals surface area contributed by atoms with Crippen molar-refractivity contribution >= 4 is 5.91 Å². The number of hydrogen-bond donors (Lipinski definition) is 3. The van der Waals surface area contributed by atoms with Gasteiger partial charge in [-0.1, -0.05) is 24.6 Å². The Morgan fingerprint density at radius 2 is 1.94 bits per heavy atom. The Hall–Kier alpha value is -1.39. The van der Waals surface area contributed by atoms with Gasteiger partial charge in [-0.05, 0) is 25.5 Å². The van der Waals surface area contributed by atoms with E-state index in [-0.39, 0.29) is 12.0 Å². The molecule has 4 heteroatoms. The predicted octanol–water partition coefficient (Wildman–Crippen LogP) is 1.09. The molecule has 1 unspecified atom stereocenters. The van der Waals surface area contributed by atoms with Gasteiger partial charge in [-0.25, -0.2) is 0 Å². The molecule has 0 aromatic heterocycles. The van der Waals surface area contributed by atoms with Gasteiger partial charge < -0.3 is 15.7 Å². The number of aliphatic hydroxyl groups excluding tert-OH is 1. The van der Waals surface area contributed by atoms with E-state index in [1.54, 1.807) is 0 Å². The summed E-state index contributed by atoms with van der Waals surface area (Å²) >= 11 is 0. The highest BCUT2D eigenvalue weighted by molar-refractivity contribution is 5.94. The van der Waals surface area contributed by atoms with Crippen molar-refractivity contribution in [1.82, 2.24) is 10.6 Å². The molecule has 100 valence electrons. The van der Waals surface area contributed by atoms with Gasteiger partial charge in [0, 0.05) is 25.2 Å². The largest absolute Gasteiger partial charge is 0.392 e. The predicted molar refractivity (Wildman–Crippen MR) is 72.7 cm³/mol. The van der Waals surface area contributed by atoms with Crippen molar-refractivity contribution in [3.05, 3.63) is 35.4 Å². The summed E-state index contributed by atoms with van der Waals surface area (Å²) < 4.78 is 0.